The smallest absolute Gasteiger partial charge is 0.339 e. The Kier molecular flexibility index (Phi) is 7.86. The van der Waals surface area contributed by atoms with Crippen LogP contribution >= 0.6 is 22.7 Å². The van der Waals surface area contributed by atoms with E-state index in [1.165, 1.54) is 0 Å². The largest absolute Gasteiger partial charge is 0.493 e. The van der Waals surface area contributed by atoms with Gasteiger partial charge in [0.05, 0.1) is 26.7 Å². The number of likely N-dealkylation sites (N-methyl/N-ethyl adjacent to an activating group) is 1. The Labute approximate surface area is 203 Å². The molecule has 33 heavy (non-hydrogen) atoms. The van der Waals surface area contributed by atoms with E-state index in [1.54, 1.807) is 22.7 Å². The highest BCUT2D eigenvalue weighted by molar-refractivity contribution is 7.10. The molecule has 0 bridgehead atoms. The number of thiophene rings is 2. The van der Waals surface area contributed by atoms with E-state index in [9.17, 15) is 9.90 Å². The minimum atomic E-state index is -1.55. The highest BCUT2D eigenvalue weighted by atomic mass is 32.1. The third-order valence-electron chi connectivity index (χ3n) is 6.24. The summed E-state index contributed by atoms with van der Waals surface area (Å²) in [6, 6.07) is 17.7. The van der Waals surface area contributed by atoms with Crippen LogP contribution in [0, 0.1) is 0 Å². The number of ether oxygens (including phenoxy) is 2. The van der Waals surface area contributed by atoms with Crippen molar-refractivity contribution in [3.8, 4) is 5.75 Å². The summed E-state index contributed by atoms with van der Waals surface area (Å²) >= 11 is 3.11. The molecule has 2 unspecified atom stereocenters. The summed E-state index contributed by atoms with van der Waals surface area (Å²) in [6.45, 7) is 3.36. The van der Waals surface area contributed by atoms with Crippen LogP contribution in [0.15, 0.2) is 65.4 Å². The van der Waals surface area contributed by atoms with Crippen molar-refractivity contribution in [2.75, 3.05) is 33.3 Å². The molecule has 4 rings (SSSR count). The van der Waals surface area contributed by atoms with E-state index < -0.39 is 11.6 Å². The van der Waals surface area contributed by atoms with E-state index in [4.69, 9.17) is 9.47 Å². The van der Waals surface area contributed by atoms with E-state index in [2.05, 4.69) is 7.05 Å². The molecule has 1 saturated heterocycles. The predicted octanol–water partition coefficient (Wildman–Crippen LogP) is 4.56. The lowest BCUT2D eigenvalue weighted by Gasteiger charge is -2.30. The van der Waals surface area contributed by atoms with Gasteiger partial charge in [0.15, 0.2) is 11.7 Å². The van der Waals surface area contributed by atoms with Crippen molar-refractivity contribution in [2.45, 2.75) is 37.4 Å². The molecule has 0 spiro atoms. The van der Waals surface area contributed by atoms with Crippen LogP contribution in [0.2, 0.25) is 0 Å². The number of carbonyl (C=O) groups excluding carboxylic acids is 1. The van der Waals surface area contributed by atoms with Crippen LogP contribution in [0.4, 0.5) is 0 Å². The van der Waals surface area contributed by atoms with Crippen molar-refractivity contribution in [2.24, 2.45) is 0 Å². The van der Waals surface area contributed by atoms with Gasteiger partial charge < -0.3 is 19.1 Å². The SMILES string of the molecule is C[N+]1(CCCOc2ccccc2)CCC(OC(=O)C(O)(Cc2cccs2)Cc2cccs2)C1. The molecule has 2 aromatic heterocycles. The summed E-state index contributed by atoms with van der Waals surface area (Å²) < 4.78 is 12.6. The minimum absolute atomic E-state index is 0.171. The highest BCUT2D eigenvalue weighted by Gasteiger charge is 2.43. The van der Waals surface area contributed by atoms with Crippen LogP contribution in [-0.4, -0.2) is 60.6 Å². The predicted molar refractivity (Wildman–Crippen MR) is 133 cm³/mol. The van der Waals surface area contributed by atoms with Gasteiger partial charge in [-0.05, 0) is 35.0 Å². The van der Waals surface area contributed by atoms with E-state index in [1.807, 2.05) is 65.4 Å². The Morgan fingerprint density at radius 2 is 1.73 bits per heavy atom. The summed E-state index contributed by atoms with van der Waals surface area (Å²) in [7, 11) is 2.21. The van der Waals surface area contributed by atoms with Gasteiger partial charge in [0, 0.05) is 35.4 Å². The van der Waals surface area contributed by atoms with Crippen molar-refractivity contribution in [3.05, 3.63) is 75.1 Å². The number of esters is 1. The number of quaternary nitrogens is 1. The summed E-state index contributed by atoms with van der Waals surface area (Å²) in [5, 5.41) is 15.3. The van der Waals surface area contributed by atoms with Crippen LogP contribution < -0.4 is 4.74 Å². The van der Waals surface area contributed by atoms with Crippen molar-refractivity contribution < 1.29 is 23.9 Å². The van der Waals surface area contributed by atoms with E-state index in [-0.39, 0.29) is 18.9 Å². The monoisotopic (exact) mass is 486 g/mol. The third kappa shape index (κ3) is 6.67. The zero-order valence-electron chi connectivity index (χ0n) is 19.0. The number of carbonyl (C=O) groups is 1. The molecule has 1 N–H and O–H groups in total. The maximum atomic E-state index is 13.2. The van der Waals surface area contributed by atoms with Gasteiger partial charge >= 0.3 is 5.97 Å². The molecule has 7 heteroatoms. The molecular formula is C26H32NO4S2+. The summed E-state index contributed by atoms with van der Waals surface area (Å²) in [5.74, 6) is 0.388. The third-order valence-corrected chi connectivity index (χ3v) is 7.99. The number of rotatable bonds is 11. The second-order valence-electron chi connectivity index (χ2n) is 9.12. The molecule has 0 aliphatic carbocycles. The van der Waals surface area contributed by atoms with Crippen LogP contribution in [-0.2, 0) is 22.4 Å². The van der Waals surface area contributed by atoms with Gasteiger partial charge in [-0.1, -0.05) is 30.3 Å². The number of para-hydroxylation sites is 1. The Morgan fingerprint density at radius 3 is 2.33 bits per heavy atom. The molecule has 0 saturated carbocycles. The maximum Gasteiger partial charge on any atom is 0.339 e. The van der Waals surface area contributed by atoms with Gasteiger partial charge in [0.25, 0.3) is 0 Å². The number of aliphatic hydroxyl groups is 1. The van der Waals surface area contributed by atoms with E-state index >= 15 is 0 Å². The first kappa shape index (κ1) is 24.0. The number of hydrogen-bond acceptors (Lipinski definition) is 6. The normalized spacial score (nSPS) is 20.6. The van der Waals surface area contributed by atoms with Crippen molar-refractivity contribution in [1.82, 2.24) is 0 Å². The molecule has 1 aromatic carbocycles. The highest BCUT2D eigenvalue weighted by Crippen LogP contribution is 2.28. The van der Waals surface area contributed by atoms with Crippen molar-refractivity contribution >= 4 is 28.6 Å². The van der Waals surface area contributed by atoms with Gasteiger partial charge in [-0.2, -0.15) is 0 Å². The topological polar surface area (TPSA) is 55.8 Å². The van der Waals surface area contributed by atoms with Crippen LogP contribution in [0.1, 0.15) is 22.6 Å². The van der Waals surface area contributed by atoms with Gasteiger partial charge in [0.1, 0.15) is 12.3 Å². The molecule has 1 aliphatic heterocycles. The molecule has 0 amide bonds. The summed E-state index contributed by atoms with van der Waals surface area (Å²) in [4.78, 5) is 15.2. The number of hydrogen-bond donors (Lipinski definition) is 1. The molecular weight excluding hydrogens is 454 g/mol. The standard InChI is InChI=1S/C26H32NO4S2/c1-27(13-7-15-30-21-8-3-2-4-9-21)14-12-22(20-27)31-25(28)26(29,18-23-10-5-16-32-23)19-24-11-6-17-33-24/h2-6,8-11,16-17,22,29H,7,12-15,18-20H2,1H3/q+1. The molecule has 1 aliphatic rings. The summed E-state index contributed by atoms with van der Waals surface area (Å²) in [5.41, 5.74) is -1.55. The van der Waals surface area contributed by atoms with Crippen molar-refractivity contribution in [3.63, 3.8) is 0 Å². The lowest BCUT2D eigenvalue weighted by atomic mass is 9.93. The van der Waals surface area contributed by atoms with Gasteiger partial charge in [-0.15, -0.1) is 22.7 Å². The molecule has 3 aromatic rings. The number of benzene rings is 1. The average molecular weight is 487 g/mol. The molecule has 1 fully saturated rings. The van der Waals surface area contributed by atoms with Crippen LogP contribution in [0.5, 0.6) is 5.75 Å². The Balaban J connectivity index is 1.30. The summed E-state index contributed by atoms with van der Waals surface area (Å²) in [6.07, 6.45) is 2.13. The fourth-order valence-electron chi connectivity index (χ4n) is 4.45. The molecule has 2 atom stereocenters. The fourth-order valence-corrected chi connectivity index (χ4v) is 6.08. The molecule has 0 radical (unpaired) electrons. The van der Waals surface area contributed by atoms with Gasteiger partial charge in [0.2, 0.25) is 0 Å². The van der Waals surface area contributed by atoms with E-state index in [0.29, 0.717) is 6.61 Å². The minimum Gasteiger partial charge on any atom is -0.493 e. The second-order valence-corrected chi connectivity index (χ2v) is 11.2. The Morgan fingerprint density at radius 1 is 1.06 bits per heavy atom. The van der Waals surface area contributed by atoms with Crippen LogP contribution in [0.25, 0.3) is 0 Å². The van der Waals surface area contributed by atoms with Gasteiger partial charge in [-0.3, -0.25) is 0 Å². The zero-order valence-corrected chi connectivity index (χ0v) is 20.7. The molecule has 5 nitrogen and oxygen atoms in total. The molecule has 176 valence electrons. The van der Waals surface area contributed by atoms with E-state index in [0.717, 1.165) is 52.5 Å². The number of nitrogens with zero attached hydrogens (tertiary/aromatic N) is 1. The second kappa shape index (κ2) is 10.8. The van der Waals surface area contributed by atoms with Gasteiger partial charge in [-0.25, -0.2) is 4.79 Å². The lowest BCUT2D eigenvalue weighted by molar-refractivity contribution is -0.899. The quantitative estimate of drug-likeness (QED) is 0.245. The number of likely N-dealkylation sites (tertiary alicyclic amines) is 1. The Hall–Kier alpha value is -2.19. The maximum absolute atomic E-state index is 13.2. The van der Waals surface area contributed by atoms with Crippen LogP contribution in [0.3, 0.4) is 0 Å². The average Bonchev–Trinajstić information content (AvgIpc) is 3.56. The first-order chi connectivity index (χ1) is 15.9. The Bertz CT molecular complexity index is 955. The fraction of sp³-hybridized carbons (Fsp3) is 0.423. The first-order valence-corrected chi connectivity index (χ1v) is 13.2. The first-order valence-electron chi connectivity index (χ1n) is 11.4. The zero-order chi connectivity index (χ0) is 23.2. The molecule has 3 heterocycles. The van der Waals surface area contributed by atoms with Crippen molar-refractivity contribution in [1.29, 1.82) is 0 Å². The lowest BCUT2D eigenvalue weighted by Crippen LogP contribution is -2.47.